The molecule has 1 amide bonds. The van der Waals surface area contributed by atoms with Crippen molar-refractivity contribution in [2.45, 2.75) is 24.9 Å². The smallest absolute Gasteiger partial charge is 0.234 e. The van der Waals surface area contributed by atoms with E-state index in [0.717, 1.165) is 47.2 Å². The molecule has 0 saturated carbocycles. The predicted molar refractivity (Wildman–Crippen MR) is 118 cm³/mol. The van der Waals surface area contributed by atoms with Crippen molar-refractivity contribution in [3.63, 3.8) is 0 Å². The van der Waals surface area contributed by atoms with Crippen LogP contribution in [0.15, 0.2) is 54.7 Å². The average molecular weight is 408 g/mol. The number of para-hydroxylation sites is 1. The van der Waals surface area contributed by atoms with Crippen LogP contribution in [0.5, 0.6) is 5.75 Å². The lowest BCUT2D eigenvalue weighted by Gasteiger charge is -2.29. The minimum absolute atomic E-state index is 0.0116. The first-order valence-corrected chi connectivity index (χ1v) is 10.5. The Hall–Kier alpha value is -2.83. The Kier molecular flexibility index (Phi) is 6.35. The molecule has 3 aromatic rings. The summed E-state index contributed by atoms with van der Waals surface area (Å²) in [4.78, 5) is 18.0. The second-order valence-corrected chi connectivity index (χ2v) is 7.95. The molecule has 2 aromatic carbocycles. The number of rotatable bonds is 7. The minimum atomic E-state index is -0.329. The highest BCUT2D eigenvalue weighted by Crippen LogP contribution is 2.31. The number of aliphatic hydroxyl groups excluding tert-OH is 1. The van der Waals surface area contributed by atoms with Crippen LogP contribution >= 0.6 is 0 Å². The van der Waals surface area contributed by atoms with E-state index in [1.54, 1.807) is 7.11 Å². The summed E-state index contributed by atoms with van der Waals surface area (Å²) < 4.78 is 5.30. The number of aromatic nitrogens is 1. The fraction of sp³-hybridized carbons (Fsp3) is 0.375. The van der Waals surface area contributed by atoms with Crippen molar-refractivity contribution in [2.24, 2.45) is 0 Å². The summed E-state index contributed by atoms with van der Waals surface area (Å²) in [6.07, 6.45) is 3.45. The van der Waals surface area contributed by atoms with Gasteiger partial charge in [0, 0.05) is 36.1 Å². The van der Waals surface area contributed by atoms with Crippen LogP contribution in [0.4, 0.5) is 0 Å². The molecule has 6 nitrogen and oxygen atoms in total. The molecule has 2 heterocycles. The number of fused-ring (bicyclic) bond motifs is 1. The van der Waals surface area contributed by atoms with Gasteiger partial charge in [0.15, 0.2) is 0 Å². The van der Waals surface area contributed by atoms with E-state index in [4.69, 9.17) is 4.74 Å². The normalized spacial score (nSPS) is 18.3. The number of nitrogens with zero attached hydrogens (tertiary/aromatic N) is 1. The summed E-state index contributed by atoms with van der Waals surface area (Å²) in [5.74, 6) is 0.814. The van der Waals surface area contributed by atoms with Gasteiger partial charge in [-0.15, -0.1) is 0 Å². The maximum absolute atomic E-state index is 12.6. The summed E-state index contributed by atoms with van der Waals surface area (Å²) in [7, 11) is 1.66. The van der Waals surface area contributed by atoms with Crippen LogP contribution in [0.2, 0.25) is 0 Å². The van der Waals surface area contributed by atoms with Gasteiger partial charge in [0.2, 0.25) is 5.91 Å². The van der Waals surface area contributed by atoms with Crippen molar-refractivity contribution in [1.82, 2.24) is 15.2 Å². The van der Waals surface area contributed by atoms with Gasteiger partial charge in [0.05, 0.1) is 19.8 Å². The quantitative estimate of drug-likeness (QED) is 0.563. The van der Waals surface area contributed by atoms with Crippen molar-refractivity contribution in [2.75, 3.05) is 33.3 Å². The van der Waals surface area contributed by atoms with Crippen LogP contribution in [0.1, 0.15) is 29.9 Å². The summed E-state index contributed by atoms with van der Waals surface area (Å²) in [6.45, 7) is 2.25. The van der Waals surface area contributed by atoms with E-state index >= 15 is 0 Å². The summed E-state index contributed by atoms with van der Waals surface area (Å²) in [5.41, 5.74) is 3.36. The predicted octanol–water partition coefficient (Wildman–Crippen LogP) is 2.88. The number of nitrogens with one attached hydrogen (secondary N) is 2. The van der Waals surface area contributed by atoms with Gasteiger partial charge in [0.1, 0.15) is 5.75 Å². The van der Waals surface area contributed by atoms with Gasteiger partial charge >= 0.3 is 0 Å². The minimum Gasteiger partial charge on any atom is -0.497 e. The number of carbonyl (C=O) groups excluding carboxylic acids is 1. The first-order chi connectivity index (χ1) is 14.6. The molecule has 4 rings (SSSR count). The summed E-state index contributed by atoms with van der Waals surface area (Å²) >= 11 is 0. The summed E-state index contributed by atoms with van der Waals surface area (Å²) in [6, 6.07) is 16.2. The number of methoxy groups -OCH3 is 1. The van der Waals surface area contributed by atoms with Gasteiger partial charge in [-0.1, -0.05) is 30.3 Å². The van der Waals surface area contributed by atoms with E-state index in [2.05, 4.69) is 34.6 Å². The maximum Gasteiger partial charge on any atom is 0.234 e. The Balaban J connectivity index is 1.52. The topological polar surface area (TPSA) is 77.6 Å². The zero-order valence-corrected chi connectivity index (χ0v) is 17.3. The van der Waals surface area contributed by atoms with Crippen molar-refractivity contribution in [1.29, 1.82) is 0 Å². The van der Waals surface area contributed by atoms with Crippen LogP contribution in [0.3, 0.4) is 0 Å². The molecule has 0 unspecified atom stereocenters. The Bertz CT molecular complexity index is 983. The highest BCUT2D eigenvalue weighted by molar-refractivity contribution is 5.84. The van der Waals surface area contributed by atoms with Crippen molar-refractivity contribution in [3.8, 4) is 5.75 Å². The highest BCUT2D eigenvalue weighted by Gasteiger charge is 2.22. The second-order valence-electron chi connectivity index (χ2n) is 7.95. The van der Waals surface area contributed by atoms with E-state index in [0.29, 0.717) is 19.6 Å². The molecule has 1 saturated heterocycles. The van der Waals surface area contributed by atoms with Crippen LogP contribution in [0, 0.1) is 0 Å². The first-order valence-electron chi connectivity index (χ1n) is 10.5. The van der Waals surface area contributed by atoms with Gasteiger partial charge in [-0.25, -0.2) is 0 Å². The van der Waals surface area contributed by atoms with Gasteiger partial charge in [-0.3, -0.25) is 9.69 Å². The van der Waals surface area contributed by atoms with Gasteiger partial charge in [-0.2, -0.15) is 0 Å². The van der Waals surface area contributed by atoms with Crippen LogP contribution in [-0.2, 0) is 4.79 Å². The molecule has 0 radical (unpaired) electrons. The Morgan fingerprint density at radius 1 is 1.27 bits per heavy atom. The van der Waals surface area contributed by atoms with E-state index in [-0.39, 0.29) is 17.9 Å². The lowest BCUT2D eigenvalue weighted by molar-refractivity contribution is -0.122. The first kappa shape index (κ1) is 20.4. The third-order valence-corrected chi connectivity index (χ3v) is 5.87. The molecule has 30 heavy (non-hydrogen) atoms. The van der Waals surface area contributed by atoms with E-state index < -0.39 is 0 Å². The Morgan fingerprint density at radius 2 is 2.07 bits per heavy atom. The number of β-amino-alcohol motifs (C(OH)–C–C–N with tert-alkyl or cyclic N) is 1. The summed E-state index contributed by atoms with van der Waals surface area (Å²) in [5, 5.41) is 14.1. The number of aliphatic hydroxyl groups is 1. The number of aromatic amines is 1. The standard InChI is InChI=1S/C24H29N3O3/c1-30-19-10-8-17(9-11-19)21(22-14-25-23-7-3-2-6-20(22)23)13-26-24(29)16-27-12-4-5-18(28)15-27/h2-3,6-11,14,18,21,25,28H,4-5,12-13,15-16H2,1H3,(H,26,29)/t18-,21-/m0/s1. The number of piperidine rings is 1. The van der Waals surface area contributed by atoms with E-state index in [1.165, 1.54) is 0 Å². The van der Waals surface area contributed by atoms with Crippen LogP contribution < -0.4 is 10.1 Å². The molecule has 1 aliphatic rings. The maximum atomic E-state index is 12.6. The lowest BCUT2D eigenvalue weighted by atomic mass is 9.90. The molecule has 6 heteroatoms. The third-order valence-electron chi connectivity index (χ3n) is 5.87. The lowest BCUT2D eigenvalue weighted by Crippen LogP contribution is -2.44. The molecule has 0 aliphatic carbocycles. The molecule has 2 atom stereocenters. The molecular formula is C24H29N3O3. The Morgan fingerprint density at radius 3 is 2.83 bits per heavy atom. The van der Waals surface area contributed by atoms with E-state index in [9.17, 15) is 9.90 Å². The number of carbonyl (C=O) groups is 1. The number of amides is 1. The van der Waals surface area contributed by atoms with E-state index in [1.807, 2.05) is 35.4 Å². The van der Waals surface area contributed by atoms with Gasteiger partial charge in [-0.05, 0) is 48.7 Å². The zero-order chi connectivity index (χ0) is 20.9. The number of ether oxygens (including phenoxy) is 1. The molecule has 1 aliphatic heterocycles. The average Bonchev–Trinajstić information content (AvgIpc) is 3.18. The third kappa shape index (κ3) is 4.66. The van der Waals surface area contributed by atoms with Gasteiger partial charge in [0.25, 0.3) is 0 Å². The number of hydrogen-bond donors (Lipinski definition) is 3. The molecule has 3 N–H and O–H groups in total. The van der Waals surface area contributed by atoms with Crippen molar-refractivity contribution >= 4 is 16.8 Å². The highest BCUT2D eigenvalue weighted by atomic mass is 16.5. The van der Waals surface area contributed by atoms with Crippen LogP contribution in [-0.4, -0.2) is 60.3 Å². The molecule has 158 valence electrons. The molecule has 0 spiro atoms. The van der Waals surface area contributed by atoms with Gasteiger partial charge < -0.3 is 20.1 Å². The Labute approximate surface area is 176 Å². The fourth-order valence-electron chi connectivity index (χ4n) is 4.28. The number of H-pyrrole nitrogens is 1. The monoisotopic (exact) mass is 407 g/mol. The molecule has 1 fully saturated rings. The number of likely N-dealkylation sites (tertiary alicyclic amines) is 1. The molecular weight excluding hydrogens is 378 g/mol. The fourth-order valence-corrected chi connectivity index (χ4v) is 4.28. The number of hydrogen-bond acceptors (Lipinski definition) is 4. The van der Waals surface area contributed by atoms with Crippen molar-refractivity contribution in [3.05, 3.63) is 65.9 Å². The SMILES string of the molecule is COc1ccc([C@H](CNC(=O)CN2CCC[C@H](O)C2)c2c[nH]c3ccccc23)cc1. The second kappa shape index (κ2) is 9.32. The molecule has 1 aromatic heterocycles. The van der Waals surface area contributed by atoms with Crippen molar-refractivity contribution < 1.29 is 14.6 Å². The molecule has 0 bridgehead atoms. The van der Waals surface area contributed by atoms with Crippen LogP contribution in [0.25, 0.3) is 10.9 Å². The zero-order valence-electron chi connectivity index (χ0n) is 17.3. The number of benzene rings is 2. The largest absolute Gasteiger partial charge is 0.497 e.